The zero-order valence-corrected chi connectivity index (χ0v) is 7.04. The van der Waals surface area contributed by atoms with Crippen molar-refractivity contribution in [3.63, 3.8) is 0 Å². The van der Waals surface area contributed by atoms with Crippen LogP contribution in [0.3, 0.4) is 0 Å². The molecular formula is C9H11N3. The molecule has 2 rings (SSSR count). The number of aromatic amines is 1. The summed E-state index contributed by atoms with van der Waals surface area (Å²) in [6.07, 6.45) is 2.22. The average molecular weight is 161 g/mol. The summed E-state index contributed by atoms with van der Waals surface area (Å²) in [5.74, 6) is 0. The van der Waals surface area contributed by atoms with E-state index in [9.17, 15) is 0 Å². The SMILES string of the molecule is CCCc1cccc2[nH]nnc12. The Morgan fingerprint density at radius 1 is 1.42 bits per heavy atom. The topological polar surface area (TPSA) is 41.6 Å². The third-order valence-corrected chi connectivity index (χ3v) is 1.96. The Bertz CT molecular complexity index is 378. The van der Waals surface area contributed by atoms with Crippen molar-refractivity contribution >= 4 is 11.0 Å². The van der Waals surface area contributed by atoms with Crippen molar-refractivity contribution < 1.29 is 0 Å². The second kappa shape index (κ2) is 2.93. The van der Waals surface area contributed by atoms with Crippen LogP contribution >= 0.6 is 0 Å². The van der Waals surface area contributed by atoms with Crippen LogP contribution in [0, 0.1) is 0 Å². The average Bonchev–Trinajstić information content (AvgIpc) is 2.53. The van der Waals surface area contributed by atoms with E-state index in [4.69, 9.17) is 0 Å². The third kappa shape index (κ3) is 1.07. The molecule has 0 saturated carbocycles. The van der Waals surface area contributed by atoms with Crippen LogP contribution in [0.2, 0.25) is 0 Å². The molecule has 0 saturated heterocycles. The molecule has 0 aliphatic heterocycles. The predicted octanol–water partition coefficient (Wildman–Crippen LogP) is 1.91. The standard InChI is InChI=1S/C9H11N3/c1-2-4-7-5-3-6-8-9(7)11-12-10-8/h3,5-6H,2,4H2,1H3,(H,10,11,12). The van der Waals surface area contributed by atoms with Gasteiger partial charge >= 0.3 is 0 Å². The van der Waals surface area contributed by atoms with Gasteiger partial charge in [0.2, 0.25) is 0 Å². The highest BCUT2D eigenvalue weighted by Gasteiger charge is 2.01. The van der Waals surface area contributed by atoms with Crippen molar-refractivity contribution in [3.05, 3.63) is 23.8 Å². The van der Waals surface area contributed by atoms with E-state index in [1.807, 2.05) is 12.1 Å². The van der Waals surface area contributed by atoms with Crippen molar-refractivity contribution in [2.24, 2.45) is 0 Å². The molecule has 0 aliphatic carbocycles. The van der Waals surface area contributed by atoms with Gasteiger partial charge < -0.3 is 0 Å². The molecule has 0 atom stereocenters. The van der Waals surface area contributed by atoms with Crippen LogP contribution in [0.1, 0.15) is 18.9 Å². The molecule has 3 heteroatoms. The van der Waals surface area contributed by atoms with Gasteiger partial charge in [-0.1, -0.05) is 30.7 Å². The van der Waals surface area contributed by atoms with Crippen LogP contribution in [-0.4, -0.2) is 15.4 Å². The molecule has 1 N–H and O–H groups in total. The van der Waals surface area contributed by atoms with E-state index in [0.717, 1.165) is 23.9 Å². The van der Waals surface area contributed by atoms with E-state index in [2.05, 4.69) is 28.4 Å². The Hall–Kier alpha value is -1.38. The number of hydrogen-bond donors (Lipinski definition) is 1. The Morgan fingerprint density at radius 3 is 3.17 bits per heavy atom. The van der Waals surface area contributed by atoms with E-state index in [-0.39, 0.29) is 0 Å². The van der Waals surface area contributed by atoms with Crippen LogP contribution in [0.5, 0.6) is 0 Å². The number of H-pyrrole nitrogens is 1. The summed E-state index contributed by atoms with van der Waals surface area (Å²) in [5, 5.41) is 10.7. The molecule has 12 heavy (non-hydrogen) atoms. The minimum Gasteiger partial charge on any atom is -0.258 e. The minimum absolute atomic E-state index is 1.01. The van der Waals surface area contributed by atoms with Gasteiger partial charge in [-0.25, -0.2) is 0 Å². The second-order valence-electron chi connectivity index (χ2n) is 2.88. The lowest BCUT2D eigenvalue weighted by Gasteiger charge is -1.96. The van der Waals surface area contributed by atoms with Gasteiger partial charge in [-0.15, -0.1) is 5.10 Å². The summed E-state index contributed by atoms with van der Waals surface area (Å²) >= 11 is 0. The smallest absolute Gasteiger partial charge is 0.116 e. The van der Waals surface area contributed by atoms with E-state index in [0.29, 0.717) is 0 Å². The molecule has 0 bridgehead atoms. The molecular weight excluding hydrogens is 150 g/mol. The minimum atomic E-state index is 1.01. The van der Waals surface area contributed by atoms with Crippen molar-refractivity contribution in [2.45, 2.75) is 19.8 Å². The van der Waals surface area contributed by atoms with Crippen molar-refractivity contribution in [3.8, 4) is 0 Å². The third-order valence-electron chi connectivity index (χ3n) is 1.96. The van der Waals surface area contributed by atoms with Gasteiger partial charge in [0.05, 0.1) is 5.52 Å². The highest BCUT2D eigenvalue weighted by molar-refractivity contribution is 5.77. The molecule has 62 valence electrons. The number of aromatic nitrogens is 3. The summed E-state index contributed by atoms with van der Waals surface area (Å²) in [5.41, 5.74) is 3.32. The molecule has 0 fully saturated rings. The summed E-state index contributed by atoms with van der Waals surface area (Å²) in [4.78, 5) is 0. The Balaban J connectivity index is 2.57. The fourth-order valence-corrected chi connectivity index (χ4v) is 1.40. The van der Waals surface area contributed by atoms with Crippen LogP contribution in [0.4, 0.5) is 0 Å². The van der Waals surface area contributed by atoms with Gasteiger partial charge in [-0.05, 0) is 18.1 Å². The number of hydrogen-bond acceptors (Lipinski definition) is 2. The molecule has 0 aliphatic rings. The number of nitrogens with zero attached hydrogens (tertiary/aromatic N) is 2. The number of rotatable bonds is 2. The van der Waals surface area contributed by atoms with Crippen molar-refractivity contribution in [1.82, 2.24) is 15.4 Å². The van der Waals surface area contributed by atoms with Crippen LogP contribution in [-0.2, 0) is 6.42 Å². The van der Waals surface area contributed by atoms with E-state index in [1.54, 1.807) is 0 Å². The zero-order chi connectivity index (χ0) is 8.39. The van der Waals surface area contributed by atoms with Gasteiger partial charge in [0, 0.05) is 0 Å². The van der Waals surface area contributed by atoms with Gasteiger partial charge in [-0.2, -0.15) is 0 Å². The van der Waals surface area contributed by atoms with Gasteiger partial charge in [-0.3, -0.25) is 5.10 Å². The molecule has 0 radical (unpaired) electrons. The van der Waals surface area contributed by atoms with Gasteiger partial charge in [0.1, 0.15) is 5.52 Å². The molecule has 0 amide bonds. The first-order valence-corrected chi connectivity index (χ1v) is 4.20. The molecule has 1 aromatic heterocycles. The molecule has 0 unspecified atom stereocenters. The largest absolute Gasteiger partial charge is 0.258 e. The lowest BCUT2D eigenvalue weighted by molar-refractivity contribution is 0.918. The Labute approximate surface area is 70.8 Å². The van der Waals surface area contributed by atoms with Crippen LogP contribution in [0.15, 0.2) is 18.2 Å². The number of fused-ring (bicyclic) bond motifs is 1. The molecule has 1 aromatic carbocycles. The first-order valence-electron chi connectivity index (χ1n) is 4.20. The van der Waals surface area contributed by atoms with Crippen molar-refractivity contribution in [1.29, 1.82) is 0 Å². The molecule has 2 aromatic rings. The quantitative estimate of drug-likeness (QED) is 0.731. The number of aryl methyl sites for hydroxylation is 1. The molecule has 3 nitrogen and oxygen atoms in total. The number of benzene rings is 1. The summed E-state index contributed by atoms with van der Waals surface area (Å²) < 4.78 is 0. The maximum atomic E-state index is 4.03. The maximum absolute atomic E-state index is 4.03. The molecule has 1 heterocycles. The van der Waals surface area contributed by atoms with Gasteiger partial charge in [0.25, 0.3) is 0 Å². The lowest BCUT2D eigenvalue weighted by Crippen LogP contribution is -1.84. The fraction of sp³-hybridized carbons (Fsp3) is 0.333. The van der Waals surface area contributed by atoms with E-state index >= 15 is 0 Å². The van der Waals surface area contributed by atoms with E-state index < -0.39 is 0 Å². The highest BCUT2D eigenvalue weighted by atomic mass is 15.3. The highest BCUT2D eigenvalue weighted by Crippen LogP contribution is 2.14. The van der Waals surface area contributed by atoms with Crippen LogP contribution < -0.4 is 0 Å². The summed E-state index contributed by atoms with van der Waals surface area (Å²) in [6, 6.07) is 6.13. The zero-order valence-electron chi connectivity index (χ0n) is 7.04. The normalized spacial score (nSPS) is 10.8. The predicted molar refractivity (Wildman–Crippen MR) is 47.9 cm³/mol. The van der Waals surface area contributed by atoms with Crippen LogP contribution in [0.25, 0.3) is 11.0 Å². The number of nitrogens with one attached hydrogen (secondary N) is 1. The monoisotopic (exact) mass is 161 g/mol. The lowest BCUT2D eigenvalue weighted by atomic mass is 10.1. The van der Waals surface area contributed by atoms with Crippen molar-refractivity contribution in [2.75, 3.05) is 0 Å². The molecule has 0 spiro atoms. The first-order chi connectivity index (χ1) is 5.92. The Kier molecular flexibility index (Phi) is 1.78. The summed E-state index contributed by atoms with van der Waals surface area (Å²) in [6.45, 7) is 2.17. The fourth-order valence-electron chi connectivity index (χ4n) is 1.40. The van der Waals surface area contributed by atoms with Gasteiger partial charge in [0.15, 0.2) is 0 Å². The Morgan fingerprint density at radius 2 is 2.33 bits per heavy atom. The first kappa shape index (κ1) is 7.28. The maximum Gasteiger partial charge on any atom is 0.116 e. The second-order valence-corrected chi connectivity index (χ2v) is 2.88. The van der Waals surface area contributed by atoms with E-state index in [1.165, 1.54) is 5.56 Å². The summed E-state index contributed by atoms with van der Waals surface area (Å²) in [7, 11) is 0.